The van der Waals surface area contributed by atoms with E-state index in [0.29, 0.717) is 26.1 Å². The first-order chi connectivity index (χ1) is 13.0. The Labute approximate surface area is 162 Å². The van der Waals surface area contributed by atoms with E-state index in [9.17, 15) is 9.18 Å². The zero-order valence-corrected chi connectivity index (χ0v) is 16.7. The second-order valence-electron chi connectivity index (χ2n) is 6.84. The van der Waals surface area contributed by atoms with Crippen molar-refractivity contribution in [2.75, 3.05) is 58.3 Å². The van der Waals surface area contributed by atoms with Crippen LogP contribution in [-0.2, 0) is 4.79 Å². The smallest absolute Gasteiger partial charge is 0.224 e. The number of benzene rings is 1. The van der Waals surface area contributed by atoms with Crippen LogP contribution in [0.15, 0.2) is 29.3 Å². The summed E-state index contributed by atoms with van der Waals surface area (Å²) in [5.74, 6) is 0.765. The molecule has 150 valence electrons. The van der Waals surface area contributed by atoms with Gasteiger partial charge in [0.15, 0.2) is 5.96 Å². The molecule has 1 heterocycles. The lowest BCUT2D eigenvalue weighted by Gasteiger charge is -2.36. The van der Waals surface area contributed by atoms with E-state index in [4.69, 9.17) is 0 Å². The van der Waals surface area contributed by atoms with Gasteiger partial charge in [-0.25, -0.2) is 4.39 Å². The van der Waals surface area contributed by atoms with E-state index in [-0.39, 0.29) is 11.7 Å². The first-order valence-corrected chi connectivity index (χ1v) is 9.75. The Hall–Kier alpha value is -2.31. The van der Waals surface area contributed by atoms with Gasteiger partial charge in [-0.3, -0.25) is 9.79 Å². The summed E-state index contributed by atoms with van der Waals surface area (Å²) >= 11 is 0. The lowest BCUT2D eigenvalue weighted by molar-refractivity contribution is -0.131. The highest BCUT2D eigenvalue weighted by molar-refractivity contribution is 5.81. The molecule has 1 amide bonds. The minimum absolute atomic E-state index is 0.160. The van der Waals surface area contributed by atoms with Gasteiger partial charge < -0.3 is 20.0 Å². The molecular weight excluding hydrogens is 345 g/mol. The summed E-state index contributed by atoms with van der Waals surface area (Å²) in [7, 11) is 3.78. The highest BCUT2D eigenvalue weighted by Gasteiger charge is 2.21. The number of guanidine groups is 1. The summed E-state index contributed by atoms with van der Waals surface area (Å²) < 4.78 is 13.0. The minimum Gasteiger partial charge on any atom is -0.368 e. The number of aliphatic imine (C=N–C) groups is 1. The van der Waals surface area contributed by atoms with E-state index in [0.717, 1.165) is 44.1 Å². The Morgan fingerprint density at radius 2 is 1.89 bits per heavy atom. The molecule has 0 bridgehead atoms. The third kappa shape index (κ3) is 6.41. The molecule has 1 N–H and O–H groups in total. The van der Waals surface area contributed by atoms with Crippen molar-refractivity contribution >= 4 is 17.6 Å². The maximum atomic E-state index is 13.0. The summed E-state index contributed by atoms with van der Waals surface area (Å²) in [4.78, 5) is 22.9. The number of amides is 1. The number of carbonyl (C=O) groups is 1. The first kappa shape index (κ1) is 21.0. The van der Waals surface area contributed by atoms with Crippen LogP contribution < -0.4 is 10.2 Å². The molecule has 1 aromatic rings. The number of nitrogens with one attached hydrogen (secondary N) is 1. The fraction of sp³-hybridized carbons (Fsp3) is 0.600. The standard InChI is InChI=1S/C20H32FN5O/c1-4-5-12-24(3)20(22-2)23-11-10-19(27)26-15-13-25(14-16-26)18-8-6-17(21)7-9-18/h6-9H,4-5,10-16H2,1-3H3,(H,22,23). The van der Waals surface area contributed by atoms with Crippen LogP contribution in [0.4, 0.5) is 10.1 Å². The van der Waals surface area contributed by atoms with Gasteiger partial charge in [0, 0.05) is 65.5 Å². The first-order valence-electron chi connectivity index (χ1n) is 9.75. The Bertz CT molecular complexity index is 611. The number of carbonyl (C=O) groups excluding carboxylic acids is 1. The molecule has 27 heavy (non-hydrogen) atoms. The average Bonchev–Trinajstić information content (AvgIpc) is 2.70. The molecule has 1 aliphatic heterocycles. The molecule has 6 nitrogen and oxygen atoms in total. The van der Waals surface area contributed by atoms with Crippen molar-refractivity contribution in [1.29, 1.82) is 0 Å². The summed E-state index contributed by atoms with van der Waals surface area (Å²) in [5.41, 5.74) is 1.00. The summed E-state index contributed by atoms with van der Waals surface area (Å²) in [5, 5.41) is 3.27. The number of rotatable bonds is 7. The van der Waals surface area contributed by atoms with Crippen LogP contribution in [0.2, 0.25) is 0 Å². The SMILES string of the molecule is CCCCN(C)C(=NC)NCCC(=O)N1CCN(c2ccc(F)cc2)CC1. The van der Waals surface area contributed by atoms with Crippen LogP contribution in [0.5, 0.6) is 0 Å². The molecule has 0 spiro atoms. The molecule has 0 saturated carbocycles. The minimum atomic E-state index is -0.226. The maximum Gasteiger partial charge on any atom is 0.224 e. The fourth-order valence-corrected chi connectivity index (χ4v) is 3.19. The van der Waals surface area contributed by atoms with E-state index >= 15 is 0 Å². The molecule has 1 fully saturated rings. The van der Waals surface area contributed by atoms with E-state index < -0.39 is 0 Å². The topological polar surface area (TPSA) is 51.2 Å². The highest BCUT2D eigenvalue weighted by atomic mass is 19.1. The summed E-state index contributed by atoms with van der Waals surface area (Å²) in [6.45, 7) is 6.63. The molecule has 0 aliphatic carbocycles. The molecule has 1 saturated heterocycles. The van der Waals surface area contributed by atoms with Crippen LogP contribution in [0, 0.1) is 5.82 Å². The maximum absolute atomic E-state index is 13.0. The zero-order chi connectivity index (χ0) is 19.6. The summed E-state index contributed by atoms with van der Waals surface area (Å²) in [6, 6.07) is 6.53. The van der Waals surface area contributed by atoms with Gasteiger partial charge in [-0.15, -0.1) is 0 Å². The van der Waals surface area contributed by atoms with Crippen molar-refractivity contribution in [2.24, 2.45) is 4.99 Å². The lowest BCUT2D eigenvalue weighted by atomic mass is 10.2. The van der Waals surface area contributed by atoms with E-state index in [1.165, 1.54) is 12.1 Å². The number of piperazine rings is 1. The van der Waals surface area contributed by atoms with Crippen LogP contribution in [0.25, 0.3) is 0 Å². The Kier molecular flexibility index (Phi) is 8.36. The lowest BCUT2D eigenvalue weighted by Crippen LogP contribution is -2.49. The van der Waals surface area contributed by atoms with Crippen molar-refractivity contribution in [1.82, 2.24) is 15.1 Å². The second-order valence-corrected chi connectivity index (χ2v) is 6.84. The number of anilines is 1. The predicted molar refractivity (Wildman–Crippen MR) is 109 cm³/mol. The number of nitrogens with zero attached hydrogens (tertiary/aromatic N) is 4. The zero-order valence-electron chi connectivity index (χ0n) is 16.7. The van der Waals surface area contributed by atoms with Crippen LogP contribution in [0.3, 0.4) is 0 Å². The van der Waals surface area contributed by atoms with E-state index in [1.54, 1.807) is 19.2 Å². The molecule has 0 aromatic heterocycles. The number of hydrogen-bond donors (Lipinski definition) is 1. The van der Waals surface area contributed by atoms with Gasteiger partial charge in [-0.2, -0.15) is 0 Å². The van der Waals surface area contributed by atoms with Crippen molar-refractivity contribution in [2.45, 2.75) is 26.2 Å². The molecule has 0 radical (unpaired) electrons. The van der Waals surface area contributed by atoms with Gasteiger partial charge in [-0.05, 0) is 30.7 Å². The third-order valence-electron chi connectivity index (χ3n) is 4.87. The van der Waals surface area contributed by atoms with Crippen molar-refractivity contribution in [3.05, 3.63) is 30.1 Å². The van der Waals surface area contributed by atoms with E-state index in [1.807, 2.05) is 11.9 Å². The second kappa shape index (κ2) is 10.7. The van der Waals surface area contributed by atoms with Gasteiger partial charge in [0.2, 0.25) is 5.91 Å². The predicted octanol–water partition coefficient (Wildman–Crippen LogP) is 2.17. The van der Waals surface area contributed by atoms with Crippen molar-refractivity contribution < 1.29 is 9.18 Å². The number of halogens is 1. The molecular formula is C20H32FN5O. The Morgan fingerprint density at radius 3 is 2.48 bits per heavy atom. The Morgan fingerprint density at radius 1 is 1.22 bits per heavy atom. The molecule has 1 aromatic carbocycles. The summed E-state index contributed by atoms with van der Waals surface area (Å²) in [6.07, 6.45) is 2.72. The van der Waals surface area contributed by atoms with Crippen molar-refractivity contribution in [3.63, 3.8) is 0 Å². The van der Waals surface area contributed by atoms with Gasteiger partial charge in [0.1, 0.15) is 5.82 Å². The van der Waals surface area contributed by atoms with Gasteiger partial charge in [0.25, 0.3) is 0 Å². The van der Waals surface area contributed by atoms with Crippen molar-refractivity contribution in [3.8, 4) is 0 Å². The fourth-order valence-electron chi connectivity index (χ4n) is 3.19. The third-order valence-corrected chi connectivity index (χ3v) is 4.87. The van der Waals surface area contributed by atoms with Gasteiger partial charge in [0.05, 0.1) is 0 Å². The number of unbranched alkanes of at least 4 members (excludes halogenated alkanes) is 1. The van der Waals surface area contributed by atoms with Crippen LogP contribution in [-0.4, -0.2) is 75.0 Å². The normalized spacial score (nSPS) is 15.0. The van der Waals surface area contributed by atoms with Gasteiger partial charge >= 0.3 is 0 Å². The van der Waals surface area contributed by atoms with E-state index in [2.05, 4.69) is 27.0 Å². The molecule has 7 heteroatoms. The average molecular weight is 378 g/mol. The Balaban J connectivity index is 1.72. The molecule has 0 unspecified atom stereocenters. The van der Waals surface area contributed by atoms with Gasteiger partial charge in [-0.1, -0.05) is 13.3 Å². The highest BCUT2D eigenvalue weighted by Crippen LogP contribution is 2.17. The monoisotopic (exact) mass is 377 g/mol. The largest absolute Gasteiger partial charge is 0.368 e. The molecule has 0 atom stereocenters. The van der Waals surface area contributed by atoms with Crippen LogP contribution in [0.1, 0.15) is 26.2 Å². The molecule has 2 rings (SSSR count). The quantitative estimate of drug-likeness (QED) is 0.585. The molecule has 1 aliphatic rings. The van der Waals surface area contributed by atoms with Crippen LogP contribution >= 0.6 is 0 Å². The number of hydrogen-bond acceptors (Lipinski definition) is 3.